The molecule has 7 heteroatoms. The number of carbonyl (C=O) groups is 1. The summed E-state index contributed by atoms with van der Waals surface area (Å²) in [5.74, 6) is 0.585. The monoisotopic (exact) mass is 352 g/mol. The van der Waals surface area contributed by atoms with E-state index in [0.29, 0.717) is 21.8 Å². The Morgan fingerprint density at radius 2 is 2.04 bits per heavy atom. The first kappa shape index (κ1) is 16.1. The van der Waals surface area contributed by atoms with Crippen molar-refractivity contribution in [3.63, 3.8) is 0 Å². The highest BCUT2D eigenvalue weighted by molar-refractivity contribution is 6.43. The molecule has 23 heavy (non-hydrogen) atoms. The maximum atomic E-state index is 12.2. The topological polar surface area (TPSA) is 59.0 Å². The SMILES string of the molecule is O=C(CNc1cccc(Cl)c1Cl)Nc1ccnn1C1CCCC1. The summed E-state index contributed by atoms with van der Waals surface area (Å²) in [4.78, 5) is 12.2. The summed E-state index contributed by atoms with van der Waals surface area (Å²) >= 11 is 12.0. The van der Waals surface area contributed by atoms with Gasteiger partial charge in [0.15, 0.2) is 0 Å². The molecule has 2 aromatic rings. The minimum atomic E-state index is -0.152. The summed E-state index contributed by atoms with van der Waals surface area (Å²) in [6.07, 6.45) is 6.37. The molecular weight excluding hydrogens is 335 g/mol. The van der Waals surface area contributed by atoms with Crippen LogP contribution in [0, 0.1) is 0 Å². The molecule has 122 valence electrons. The van der Waals surface area contributed by atoms with Crippen molar-refractivity contribution < 1.29 is 4.79 Å². The van der Waals surface area contributed by atoms with Crippen molar-refractivity contribution in [1.82, 2.24) is 9.78 Å². The minimum Gasteiger partial charge on any atom is -0.375 e. The van der Waals surface area contributed by atoms with Gasteiger partial charge in [0.25, 0.3) is 0 Å². The van der Waals surface area contributed by atoms with Gasteiger partial charge >= 0.3 is 0 Å². The summed E-state index contributed by atoms with van der Waals surface area (Å²) < 4.78 is 1.91. The zero-order valence-electron chi connectivity index (χ0n) is 12.6. The van der Waals surface area contributed by atoms with Gasteiger partial charge in [0, 0.05) is 6.07 Å². The normalized spacial score (nSPS) is 14.9. The third-order valence-electron chi connectivity index (χ3n) is 4.00. The van der Waals surface area contributed by atoms with Crippen LogP contribution in [0.3, 0.4) is 0 Å². The number of halogens is 2. The largest absolute Gasteiger partial charge is 0.375 e. The van der Waals surface area contributed by atoms with Crippen LogP contribution in [-0.2, 0) is 4.79 Å². The molecule has 0 unspecified atom stereocenters. The molecule has 1 saturated carbocycles. The van der Waals surface area contributed by atoms with E-state index in [9.17, 15) is 4.79 Å². The van der Waals surface area contributed by atoms with Gasteiger partial charge in [0.1, 0.15) is 5.82 Å². The molecule has 0 spiro atoms. The highest BCUT2D eigenvalue weighted by atomic mass is 35.5. The quantitative estimate of drug-likeness (QED) is 0.840. The van der Waals surface area contributed by atoms with Crippen molar-refractivity contribution in [1.29, 1.82) is 0 Å². The maximum Gasteiger partial charge on any atom is 0.244 e. The van der Waals surface area contributed by atoms with E-state index in [0.717, 1.165) is 18.7 Å². The van der Waals surface area contributed by atoms with Crippen molar-refractivity contribution in [2.45, 2.75) is 31.7 Å². The first-order valence-electron chi connectivity index (χ1n) is 7.66. The van der Waals surface area contributed by atoms with Crippen LogP contribution in [0.4, 0.5) is 11.5 Å². The molecule has 1 aromatic carbocycles. The van der Waals surface area contributed by atoms with Crippen molar-refractivity contribution in [3.05, 3.63) is 40.5 Å². The molecule has 0 aliphatic heterocycles. The van der Waals surface area contributed by atoms with Crippen molar-refractivity contribution >= 4 is 40.6 Å². The fourth-order valence-electron chi connectivity index (χ4n) is 2.86. The number of nitrogens with zero attached hydrogens (tertiary/aromatic N) is 2. The van der Waals surface area contributed by atoms with Crippen LogP contribution >= 0.6 is 23.2 Å². The van der Waals surface area contributed by atoms with E-state index < -0.39 is 0 Å². The van der Waals surface area contributed by atoms with Crippen LogP contribution in [-0.4, -0.2) is 22.2 Å². The molecule has 1 amide bonds. The molecule has 0 bridgehead atoms. The molecule has 0 radical (unpaired) electrons. The average Bonchev–Trinajstić information content (AvgIpc) is 3.19. The average molecular weight is 353 g/mol. The number of aromatic nitrogens is 2. The molecule has 1 fully saturated rings. The number of hydrogen-bond donors (Lipinski definition) is 2. The Bertz CT molecular complexity index is 695. The zero-order chi connectivity index (χ0) is 16.2. The van der Waals surface area contributed by atoms with Crippen LogP contribution in [0.1, 0.15) is 31.7 Å². The lowest BCUT2D eigenvalue weighted by molar-refractivity contribution is -0.114. The zero-order valence-corrected chi connectivity index (χ0v) is 14.1. The second-order valence-corrected chi connectivity index (χ2v) is 6.39. The van der Waals surface area contributed by atoms with Gasteiger partial charge in [0.05, 0.1) is 34.5 Å². The molecule has 0 saturated heterocycles. The predicted molar refractivity (Wildman–Crippen MR) is 93.3 cm³/mol. The molecule has 1 aromatic heterocycles. The van der Waals surface area contributed by atoms with Gasteiger partial charge in [-0.2, -0.15) is 5.10 Å². The van der Waals surface area contributed by atoms with Crippen LogP contribution < -0.4 is 10.6 Å². The van der Waals surface area contributed by atoms with Gasteiger partial charge in [-0.1, -0.05) is 42.1 Å². The number of hydrogen-bond acceptors (Lipinski definition) is 3. The fourth-order valence-corrected chi connectivity index (χ4v) is 3.22. The Balaban J connectivity index is 1.60. The minimum absolute atomic E-state index is 0.107. The predicted octanol–water partition coefficient (Wildman–Crippen LogP) is 4.36. The number of carbonyl (C=O) groups excluding carboxylic acids is 1. The molecular formula is C16H18Cl2N4O. The highest BCUT2D eigenvalue weighted by Gasteiger charge is 2.20. The molecule has 1 aliphatic rings. The smallest absolute Gasteiger partial charge is 0.244 e. The Labute approximate surface area is 145 Å². The molecule has 3 rings (SSSR count). The van der Waals surface area contributed by atoms with E-state index >= 15 is 0 Å². The van der Waals surface area contributed by atoms with E-state index in [1.165, 1.54) is 12.8 Å². The molecule has 5 nitrogen and oxygen atoms in total. The van der Waals surface area contributed by atoms with Gasteiger partial charge in [0.2, 0.25) is 5.91 Å². The van der Waals surface area contributed by atoms with E-state index in [2.05, 4.69) is 15.7 Å². The standard InChI is InChI=1S/C16H18Cl2N4O/c17-12-6-3-7-13(16(12)18)19-10-15(23)21-14-8-9-20-22(14)11-4-1-2-5-11/h3,6-9,11,19H,1-2,4-5,10H2,(H,21,23). The molecule has 1 heterocycles. The highest BCUT2D eigenvalue weighted by Crippen LogP contribution is 2.31. The van der Waals surface area contributed by atoms with E-state index in [4.69, 9.17) is 23.2 Å². The third kappa shape index (κ3) is 3.79. The van der Waals surface area contributed by atoms with Gasteiger partial charge < -0.3 is 10.6 Å². The van der Waals surface area contributed by atoms with Crippen LogP contribution in [0.5, 0.6) is 0 Å². The molecule has 2 N–H and O–H groups in total. The third-order valence-corrected chi connectivity index (χ3v) is 4.82. The Hall–Kier alpha value is -1.72. The van der Waals surface area contributed by atoms with Gasteiger partial charge in [-0.15, -0.1) is 0 Å². The van der Waals surface area contributed by atoms with Crippen molar-refractivity contribution in [2.24, 2.45) is 0 Å². The van der Waals surface area contributed by atoms with E-state index in [1.807, 2.05) is 10.7 Å². The Morgan fingerprint density at radius 1 is 1.26 bits per heavy atom. The molecule has 1 aliphatic carbocycles. The van der Waals surface area contributed by atoms with Crippen LogP contribution in [0.2, 0.25) is 10.0 Å². The van der Waals surface area contributed by atoms with Crippen molar-refractivity contribution in [3.8, 4) is 0 Å². The number of nitrogens with one attached hydrogen (secondary N) is 2. The van der Waals surface area contributed by atoms with Crippen LogP contribution in [0.15, 0.2) is 30.5 Å². The Kier molecular flexibility index (Phi) is 5.08. The van der Waals surface area contributed by atoms with Gasteiger partial charge in [-0.05, 0) is 25.0 Å². The van der Waals surface area contributed by atoms with Crippen LogP contribution in [0.25, 0.3) is 0 Å². The first-order chi connectivity index (χ1) is 11.1. The maximum absolute atomic E-state index is 12.2. The van der Waals surface area contributed by atoms with Gasteiger partial charge in [-0.3, -0.25) is 4.79 Å². The second kappa shape index (κ2) is 7.23. The Morgan fingerprint density at radius 3 is 2.83 bits per heavy atom. The number of anilines is 2. The summed E-state index contributed by atoms with van der Waals surface area (Å²) in [6.45, 7) is 0.107. The fraction of sp³-hybridized carbons (Fsp3) is 0.375. The summed E-state index contributed by atoms with van der Waals surface area (Å²) in [7, 11) is 0. The lowest BCUT2D eigenvalue weighted by Crippen LogP contribution is -2.24. The second-order valence-electron chi connectivity index (χ2n) is 5.60. The summed E-state index contributed by atoms with van der Waals surface area (Å²) in [5, 5.41) is 11.1. The first-order valence-corrected chi connectivity index (χ1v) is 8.42. The number of amides is 1. The lowest BCUT2D eigenvalue weighted by Gasteiger charge is -2.15. The van der Waals surface area contributed by atoms with Gasteiger partial charge in [-0.25, -0.2) is 4.68 Å². The summed E-state index contributed by atoms with van der Waals surface area (Å²) in [6, 6.07) is 7.47. The van der Waals surface area contributed by atoms with E-state index in [-0.39, 0.29) is 12.5 Å². The number of rotatable bonds is 5. The van der Waals surface area contributed by atoms with Crippen molar-refractivity contribution in [2.75, 3.05) is 17.2 Å². The van der Waals surface area contributed by atoms with E-state index in [1.54, 1.807) is 24.4 Å². The number of benzene rings is 1. The lowest BCUT2D eigenvalue weighted by atomic mass is 10.2. The summed E-state index contributed by atoms with van der Waals surface area (Å²) in [5.41, 5.74) is 0.638. The molecule has 0 atom stereocenters.